The van der Waals surface area contributed by atoms with Crippen molar-refractivity contribution in [2.24, 2.45) is 0 Å². The Bertz CT molecular complexity index is 312. The minimum Gasteiger partial charge on any atom is -0.248 e. The largest absolute Gasteiger partial charge is 0.400 e. The van der Waals surface area contributed by atoms with Gasteiger partial charge in [-0.15, -0.1) is 6.58 Å². The van der Waals surface area contributed by atoms with Gasteiger partial charge in [0.1, 0.15) is 0 Å². The summed E-state index contributed by atoms with van der Waals surface area (Å²) in [6.45, 7) is 5.77. The Labute approximate surface area is 124 Å². The van der Waals surface area contributed by atoms with Gasteiger partial charge in [0.15, 0.2) is 0 Å². The number of rotatable bonds is 15. The molecule has 0 saturated heterocycles. The van der Waals surface area contributed by atoms with Gasteiger partial charge in [-0.1, -0.05) is 70.8 Å². The lowest BCUT2D eigenvalue weighted by Gasteiger charge is -2.04. The second-order valence-electron chi connectivity index (χ2n) is 4.99. The first kappa shape index (κ1) is 19.6. The van der Waals surface area contributed by atoms with E-state index >= 15 is 0 Å². The van der Waals surface area contributed by atoms with E-state index in [0.717, 1.165) is 19.3 Å². The SMILES string of the molecule is C=CCOS(=O)(=O)OCCCCCCCCCCCC. The highest BCUT2D eigenvalue weighted by Crippen LogP contribution is 2.10. The molecular weight excluding hydrogens is 276 g/mol. The van der Waals surface area contributed by atoms with Crippen molar-refractivity contribution in [3.8, 4) is 0 Å². The van der Waals surface area contributed by atoms with Crippen molar-refractivity contribution >= 4 is 10.4 Å². The van der Waals surface area contributed by atoms with Gasteiger partial charge in [-0.2, -0.15) is 8.42 Å². The van der Waals surface area contributed by atoms with Gasteiger partial charge in [-0.3, -0.25) is 0 Å². The summed E-state index contributed by atoms with van der Waals surface area (Å²) < 4.78 is 31.5. The third kappa shape index (κ3) is 14.0. The van der Waals surface area contributed by atoms with Crippen LogP contribution in [0, 0.1) is 0 Å². The van der Waals surface area contributed by atoms with E-state index in [1.165, 1.54) is 51.0 Å². The molecule has 0 heterocycles. The Balaban J connectivity index is 3.26. The fraction of sp³-hybridized carbons (Fsp3) is 0.867. The third-order valence-corrected chi connectivity index (χ3v) is 3.94. The van der Waals surface area contributed by atoms with Crippen molar-refractivity contribution < 1.29 is 16.8 Å². The van der Waals surface area contributed by atoms with Crippen molar-refractivity contribution in [1.29, 1.82) is 0 Å². The molecule has 0 aliphatic rings. The maximum atomic E-state index is 11.2. The first-order valence-corrected chi connectivity index (χ1v) is 9.10. The summed E-state index contributed by atoms with van der Waals surface area (Å²) in [5.74, 6) is 0. The van der Waals surface area contributed by atoms with Crippen LogP contribution in [0.1, 0.15) is 71.1 Å². The number of unbranched alkanes of at least 4 members (excludes halogenated alkanes) is 9. The molecule has 0 radical (unpaired) electrons. The maximum absolute atomic E-state index is 11.2. The summed E-state index contributed by atoms with van der Waals surface area (Å²) in [6.07, 6.45) is 13.4. The molecule has 0 aliphatic heterocycles. The average Bonchev–Trinajstić information content (AvgIpc) is 2.42. The molecular formula is C15H30O4S. The molecule has 20 heavy (non-hydrogen) atoms. The lowest BCUT2D eigenvalue weighted by Crippen LogP contribution is -2.11. The molecule has 0 aromatic heterocycles. The van der Waals surface area contributed by atoms with Gasteiger partial charge in [-0.05, 0) is 6.42 Å². The van der Waals surface area contributed by atoms with Crippen molar-refractivity contribution in [1.82, 2.24) is 0 Å². The topological polar surface area (TPSA) is 52.6 Å². The highest BCUT2D eigenvalue weighted by atomic mass is 32.3. The van der Waals surface area contributed by atoms with E-state index in [4.69, 9.17) is 4.18 Å². The van der Waals surface area contributed by atoms with Crippen LogP contribution in [0.25, 0.3) is 0 Å². The molecule has 0 rings (SSSR count). The van der Waals surface area contributed by atoms with Gasteiger partial charge in [-0.25, -0.2) is 8.37 Å². The Morgan fingerprint density at radius 1 is 0.850 bits per heavy atom. The van der Waals surface area contributed by atoms with Gasteiger partial charge < -0.3 is 0 Å². The molecule has 0 aliphatic carbocycles. The molecule has 0 fully saturated rings. The molecule has 0 unspecified atom stereocenters. The van der Waals surface area contributed by atoms with E-state index in [1.54, 1.807) is 0 Å². The standard InChI is InChI=1S/C15H30O4S/c1-3-5-6-7-8-9-10-11-12-13-15-19-20(16,17)18-14-4-2/h4H,2-3,5-15H2,1H3. The molecule has 4 nitrogen and oxygen atoms in total. The molecule has 0 aromatic carbocycles. The Morgan fingerprint density at radius 2 is 1.35 bits per heavy atom. The van der Waals surface area contributed by atoms with Crippen LogP contribution in [0.2, 0.25) is 0 Å². The predicted molar refractivity (Wildman–Crippen MR) is 82.9 cm³/mol. The Hall–Kier alpha value is -0.390. The van der Waals surface area contributed by atoms with Gasteiger partial charge in [0.2, 0.25) is 0 Å². The minimum atomic E-state index is -3.83. The highest BCUT2D eigenvalue weighted by molar-refractivity contribution is 7.81. The zero-order valence-electron chi connectivity index (χ0n) is 12.8. The normalized spacial score (nSPS) is 11.7. The van der Waals surface area contributed by atoms with Crippen LogP contribution in [0.3, 0.4) is 0 Å². The summed E-state index contributed by atoms with van der Waals surface area (Å²) in [4.78, 5) is 0. The van der Waals surface area contributed by atoms with Crippen molar-refractivity contribution in [3.05, 3.63) is 12.7 Å². The van der Waals surface area contributed by atoms with Crippen LogP contribution in [0.4, 0.5) is 0 Å². The Morgan fingerprint density at radius 3 is 1.85 bits per heavy atom. The van der Waals surface area contributed by atoms with Crippen LogP contribution >= 0.6 is 0 Å². The summed E-state index contributed by atoms with van der Waals surface area (Å²) >= 11 is 0. The zero-order chi connectivity index (χ0) is 15.1. The summed E-state index contributed by atoms with van der Waals surface area (Å²) in [7, 11) is -3.83. The highest BCUT2D eigenvalue weighted by Gasteiger charge is 2.09. The van der Waals surface area contributed by atoms with Gasteiger partial charge >= 0.3 is 10.4 Å². The predicted octanol–water partition coefficient (Wildman–Crippen LogP) is 4.37. The van der Waals surface area contributed by atoms with Gasteiger partial charge in [0, 0.05) is 0 Å². The summed E-state index contributed by atoms with van der Waals surface area (Å²) in [5.41, 5.74) is 0. The van der Waals surface area contributed by atoms with E-state index in [-0.39, 0.29) is 13.2 Å². The first-order valence-electron chi connectivity index (χ1n) is 7.77. The molecule has 0 amide bonds. The first-order chi connectivity index (χ1) is 9.62. The molecule has 120 valence electrons. The van der Waals surface area contributed by atoms with E-state index in [9.17, 15) is 8.42 Å². The molecule has 0 N–H and O–H groups in total. The number of hydrogen-bond donors (Lipinski definition) is 0. The van der Waals surface area contributed by atoms with E-state index in [1.807, 2.05) is 0 Å². The van der Waals surface area contributed by atoms with Crippen LogP contribution < -0.4 is 0 Å². The molecule has 0 aromatic rings. The molecule has 0 bridgehead atoms. The Kier molecular flexibility index (Phi) is 13.3. The van der Waals surface area contributed by atoms with Crippen molar-refractivity contribution in [2.75, 3.05) is 13.2 Å². The zero-order valence-corrected chi connectivity index (χ0v) is 13.6. The lowest BCUT2D eigenvalue weighted by atomic mass is 10.1. The smallest absolute Gasteiger partial charge is 0.248 e. The van der Waals surface area contributed by atoms with Crippen LogP contribution in [0.5, 0.6) is 0 Å². The van der Waals surface area contributed by atoms with Gasteiger partial charge in [0.05, 0.1) is 13.2 Å². The van der Waals surface area contributed by atoms with E-state index in [0.29, 0.717) is 0 Å². The fourth-order valence-electron chi connectivity index (χ4n) is 1.92. The monoisotopic (exact) mass is 306 g/mol. The maximum Gasteiger partial charge on any atom is 0.400 e. The van der Waals surface area contributed by atoms with Gasteiger partial charge in [0.25, 0.3) is 0 Å². The average molecular weight is 306 g/mol. The van der Waals surface area contributed by atoms with Crippen LogP contribution in [-0.4, -0.2) is 21.6 Å². The summed E-state index contributed by atoms with van der Waals surface area (Å²) in [5, 5.41) is 0. The van der Waals surface area contributed by atoms with Crippen LogP contribution in [-0.2, 0) is 18.8 Å². The van der Waals surface area contributed by atoms with Crippen LogP contribution in [0.15, 0.2) is 12.7 Å². The van der Waals surface area contributed by atoms with Crippen molar-refractivity contribution in [2.45, 2.75) is 71.1 Å². The molecule has 5 heteroatoms. The second-order valence-corrected chi connectivity index (χ2v) is 6.27. The minimum absolute atomic E-state index is 0.0413. The second kappa shape index (κ2) is 13.6. The van der Waals surface area contributed by atoms with Crippen molar-refractivity contribution in [3.63, 3.8) is 0 Å². The summed E-state index contributed by atoms with van der Waals surface area (Å²) in [6, 6.07) is 0. The molecule has 0 saturated carbocycles. The molecule has 0 atom stereocenters. The van der Waals surface area contributed by atoms with E-state index in [2.05, 4.69) is 17.7 Å². The molecule has 0 spiro atoms. The number of hydrogen-bond acceptors (Lipinski definition) is 4. The quantitative estimate of drug-likeness (QED) is 0.333. The lowest BCUT2D eigenvalue weighted by molar-refractivity contribution is 0.225. The fourth-order valence-corrected chi connectivity index (χ4v) is 2.57. The third-order valence-electron chi connectivity index (χ3n) is 3.06. The van der Waals surface area contributed by atoms with E-state index < -0.39 is 10.4 Å².